The lowest BCUT2D eigenvalue weighted by Gasteiger charge is -2.10. The lowest BCUT2D eigenvalue weighted by molar-refractivity contribution is -0.384. The third kappa shape index (κ3) is 4.17. The Morgan fingerprint density at radius 3 is 2.87 bits per heavy atom. The molecular formula is C15H14ClN3O4. The fourth-order valence-electron chi connectivity index (χ4n) is 1.90. The van der Waals surface area contributed by atoms with Crippen molar-refractivity contribution in [3.63, 3.8) is 0 Å². The Labute approximate surface area is 137 Å². The van der Waals surface area contributed by atoms with Crippen molar-refractivity contribution in [3.05, 3.63) is 62.8 Å². The number of pyridine rings is 1. The number of nitro groups is 1. The van der Waals surface area contributed by atoms with Gasteiger partial charge in [-0.1, -0.05) is 17.7 Å². The molecule has 1 amide bonds. The van der Waals surface area contributed by atoms with Gasteiger partial charge in [0.1, 0.15) is 0 Å². The molecule has 0 bridgehead atoms. The molecule has 23 heavy (non-hydrogen) atoms. The number of benzene rings is 1. The van der Waals surface area contributed by atoms with E-state index in [0.29, 0.717) is 12.5 Å². The van der Waals surface area contributed by atoms with E-state index in [0.717, 1.165) is 11.6 Å². The first kappa shape index (κ1) is 16.7. The fraction of sp³-hybridized carbons (Fsp3) is 0.200. The van der Waals surface area contributed by atoms with E-state index in [1.54, 1.807) is 18.3 Å². The highest BCUT2D eigenvalue weighted by Crippen LogP contribution is 2.22. The Hall–Kier alpha value is -2.67. The highest BCUT2D eigenvalue weighted by molar-refractivity contribution is 6.34. The topological polar surface area (TPSA) is 94.4 Å². The zero-order valence-corrected chi connectivity index (χ0v) is 13.0. The van der Waals surface area contributed by atoms with E-state index in [2.05, 4.69) is 10.3 Å². The number of nitro benzene ring substituents is 1. The standard InChI is InChI=1S/C15H14ClN3O4/c1-2-23-15-10(4-3-7-17-15)9-18-14(20)12-6-5-11(19(21)22)8-13(12)16/h3-8H,2,9H2,1H3,(H,18,20). The first-order chi connectivity index (χ1) is 11.0. The van der Waals surface area contributed by atoms with Crippen molar-refractivity contribution in [3.8, 4) is 5.88 Å². The summed E-state index contributed by atoms with van der Waals surface area (Å²) in [5.41, 5.74) is 0.720. The second-order valence-electron chi connectivity index (χ2n) is 4.50. The van der Waals surface area contributed by atoms with Gasteiger partial charge in [-0.3, -0.25) is 14.9 Å². The van der Waals surface area contributed by atoms with Crippen LogP contribution in [0.2, 0.25) is 5.02 Å². The molecule has 0 fully saturated rings. The Balaban J connectivity index is 2.10. The van der Waals surface area contributed by atoms with Crippen molar-refractivity contribution in [2.45, 2.75) is 13.5 Å². The second kappa shape index (κ2) is 7.55. The average molecular weight is 336 g/mol. The number of amides is 1. The summed E-state index contributed by atoms with van der Waals surface area (Å²) in [7, 11) is 0. The van der Waals surface area contributed by atoms with Gasteiger partial charge in [0.25, 0.3) is 11.6 Å². The van der Waals surface area contributed by atoms with Gasteiger partial charge >= 0.3 is 0 Å². The molecule has 0 spiro atoms. The van der Waals surface area contributed by atoms with Gasteiger partial charge in [-0.05, 0) is 19.1 Å². The van der Waals surface area contributed by atoms with E-state index in [4.69, 9.17) is 16.3 Å². The molecule has 8 heteroatoms. The van der Waals surface area contributed by atoms with Gasteiger partial charge < -0.3 is 10.1 Å². The number of nitrogens with one attached hydrogen (secondary N) is 1. The van der Waals surface area contributed by atoms with Crippen molar-refractivity contribution >= 4 is 23.2 Å². The number of aromatic nitrogens is 1. The molecule has 0 saturated heterocycles. The average Bonchev–Trinajstić information content (AvgIpc) is 2.54. The van der Waals surface area contributed by atoms with Crippen LogP contribution in [-0.4, -0.2) is 22.4 Å². The molecule has 1 aromatic heterocycles. The van der Waals surface area contributed by atoms with Crippen molar-refractivity contribution in [1.82, 2.24) is 10.3 Å². The number of halogens is 1. The van der Waals surface area contributed by atoms with Gasteiger partial charge in [-0.15, -0.1) is 0 Å². The number of rotatable bonds is 6. The highest BCUT2D eigenvalue weighted by Gasteiger charge is 2.15. The Kier molecular flexibility index (Phi) is 5.48. The second-order valence-corrected chi connectivity index (χ2v) is 4.91. The van der Waals surface area contributed by atoms with Crippen molar-refractivity contribution in [2.24, 2.45) is 0 Å². The van der Waals surface area contributed by atoms with Crippen LogP contribution in [0.15, 0.2) is 36.5 Å². The Morgan fingerprint density at radius 1 is 1.43 bits per heavy atom. The molecular weight excluding hydrogens is 322 g/mol. The lowest BCUT2D eigenvalue weighted by atomic mass is 10.2. The zero-order chi connectivity index (χ0) is 16.8. The van der Waals surface area contributed by atoms with Crippen LogP contribution >= 0.6 is 11.6 Å². The molecule has 120 valence electrons. The highest BCUT2D eigenvalue weighted by atomic mass is 35.5. The van der Waals surface area contributed by atoms with Crippen molar-refractivity contribution in [2.75, 3.05) is 6.61 Å². The van der Waals surface area contributed by atoms with Gasteiger partial charge in [-0.25, -0.2) is 4.98 Å². The number of non-ortho nitro benzene ring substituents is 1. The largest absolute Gasteiger partial charge is 0.478 e. The van der Waals surface area contributed by atoms with Crippen molar-refractivity contribution < 1.29 is 14.5 Å². The van der Waals surface area contributed by atoms with E-state index >= 15 is 0 Å². The molecule has 1 aromatic carbocycles. The lowest BCUT2D eigenvalue weighted by Crippen LogP contribution is -2.23. The summed E-state index contributed by atoms with van der Waals surface area (Å²) in [4.78, 5) is 26.4. The molecule has 1 heterocycles. The maximum atomic E-state index is 12.2. The Bertz CT molecular complexity index is 736. The fourth-order valence-corrected chi connectivity index (χ4v) is 2.16. The monoisotopic (exact) mass is 335 g/mol. The van der Waals surface area contributed by atoms with Crippen LogP contribution in [-0.2, 0) is 6.54 Å². The van der Waals surface area contributed by atoms with Crippen LogP contribution in [0.5, 0.6) is 5.88 Å². The molecule has 0 aliphatic carbocycles. The van der Waals surface area contributed by atoms with E-state index in [9.17, 15) is 14.9 Å². The molecule has 2 aromatic rings. The minimum Gasteiger partial charge on any atom is -0.478 e. The van der Waals surface area contributed by atoms with E-state index in [-0.39, 0.29) is 22.8 Å². The summed E-state index contributed by atoms with van der Waals surface area (Å²) in [6.45, 7) is 2.51. The van der Waals surface area contributed by atoms with Crippen molar-refractivity contribution in [1.29, 1.82) is 0 Å². The molecule has 0 saturated carbocycles. The van der Waals surface area contributed by atoms with E-state index in [1.807, 2.05) is 6.92 Å². The smallest absolute Gasteiger partial charge is 0.270 e. The summed E-state index contributed by atoms with van der Waals surface area (Å²) in [5.74, 6) is 0.0151. The third-order valence-corrected chi connectivity index (χ3v) is 3.29. The van der Waals surface area contributed by atoms with Crippen LogP contribution in [0, 0.1) is 10.1 Å². The molecule has 7 nitrogen and oxygen atoms in total. The number of ether oxygens (including phenoxy) is 1. The predicted molar refractivity (Wildman–Crippen MR) is 84.7 cm³/mol. The van der Waals surface area contributed by atoms with Crippen LogP contribution in [0.4, 0.5) is 5.69 Å². The number of hydrogen-bond donors (Lipinski definition) is 1. The van der Waals surface area contributed by atoms with Gasteiger partial charge in [0.15, 0.2) is 0 Å². The summed E-state index contributed by atoms with van der Waals surface area (Å²) in [6.07, 6.45) is 1.60. The van der Waals surface area contributed by atoms with Crippen LogP contribution in [0.3, 0.4) is 0 Å². The third-order valence-electron chi connectivity index (χ3n) is 2.98. The zero-order valence-electron chi connectivity index (χ0n) is 12.3. The predicted octanol–water partition coefficient (Wildman–Crippen LogP) is 2.97. The Morgan fingerprint density at radius 2 is 2.22 bits per heavy atom. The molecule has 2 rings (SSSR count). The normalized spacial score (nSPS) is 10.2. The summed E-state index contributed by atoms with van der Waals surface area (Å²) < 4.78 is 5.38. The summed E-state index contributed by atoms with van der Waals surface area (Å²) >= 11 is 5.93. The maximum Gasteiger partial charge on any atom is 0.270 e. The van der Waals surface area contributed by atoms with E-state index < -0.39 is 10.8 Å². The summed E-state index contributed by atoms with van der Waals surface area (Å²) in [5, 5.41) is 13.4. The summed E-state index contributed by atoms with van der Waals surface area (Å²) in [6, 6.07) is 7.23. The van der Waals surface area contributed by atoms with Gasteiger partial charge in [0, 0.05) is 30.4 Å². The first-order valence-corrected chi connectivity index (χ1v) is 7.19. The minimum absolute atomic E-state index is 0.0212. The van der Waals surface area contributed by atoms with Crippen LogP contribution in [0.25, 0.3) is 0 Å². The molecule has 0 atom stereocenters. The number of carbonyl (C=O) groups excluding carboxylic acids is 1. The van der Waals surface area contributed by atoms with Gasteiger partial charge in [0.2, 0.25) is 5.88 Å². The number of nitrogens with zero attached hydrogens (tertiary/aromatic N) is 2. The quantitative estimate of drug-likeness (QED) is 0.647. The maximum absolute atomic E-state index is 12.2. The van der Waals surface area contributed by atoms with Gasteiger partial charge in [0.05, 0.1) is 22.1 Å². The van der Waals surface area contributed by atoms with E-state index in [1.165, 1.54) is 12.1 Å². The first-order valence-electron chi connectivity index (χ1n) is 6.81. The number of carbonyl (C=O) groups is 1. The molecule has 0 aliphatic rings. The van der Waals surface area contributed by atoms with Crippen LogP contribution < -0.4 is 10.1 Å². The SMILES string of the molecule is CCOc1ncccc1CNC(=O)c1ccc([N+](=O)[O-])cc1Cl. The van der Waals surface area contributed by atoms with Crippen LogP contribution in [0.1, 0.15) is 22.8 Å². The number of hydrogen-bond acceptors (Lipinski definition) is 5. The molecule has 0 radical (unpaired) electrons. The van der Waals surface area contributed by atoms with Gasteiger partial charge in [-0.2, -0.15) is 0 Å². The minimum atomic E-state index is -0.572. The molecule has 1 N–H and O–H groups in total. The molecule has 0 unspecified atom stereocenters. The molecule has 0 aliphatic heterocycles.